The Bertz CT molecular complexity index is 954. The maximum absolute atomic E-state index is 13.9. The molecule has 0 aliphatic heterocycles. The van der Waals surface area contributed by atoms with Gasteiger partial charge in [-0.15, -0.1) is 0 Å². The van der Waals surface area contributed by atoms with Gasteiger partial charge in [-0.05, 0) is 68.4 Å². The van der Waals surface area contributed by atoms with Crippen LogP contribution in [0.2, 0.25) is 0 Å². The summed E-state index contributed by atoms with van der Waals surface area (Å²) >= 11 is 0. The van der Waals surface area contributed by atoms with E-state index in [2.05, 4.69) is 17.6 Å². The van der Waals surface area contributed by atoms with Gasteiger partial charge in [0.25, 0.3) is 0 Å². The van der Waals surface area contributed by atoms with E-state index in [1.54, 1.807) is 7.11 Å². The van der Waals surface area contributed by atoms with E-state index in [1.807, 2.05) is 27.7 Å². The monoisotopic (exact) mass is 593 g/mol. The molecule has 5 N–H and O–H groups in total. The number of hydrogen-bond donors (Lipinski definition) is 4. The molecule has 0 radical (unpaired) electrons. The number of hydrogen-bond acceptors (Lipinski definition) is 6. The lowest BCUT2D eigenvalue weighted by Gasteiger charge is -2.32. The first-order valence-electron chi connectivity index (χ1n) is 15.9. The summed E-state index contributed by atoms with van der Waals surface area (Å²) in [5.41, 5.74) is 6.89. The zero-order valence-corrected chi connectivity index (χ0v) is 26.7. The highest BCUT2D eigenvalue weighted by Gasteiger charge is 2.32. The molecule has 1 aliphatic carbocycles. The van der Waals surface area contributed by atoms with Crippen molar-refractivity contribution in [1.82, 2.24) is 5.32 Å². The molecule has 2 amide bonds. The van der Waals surface area contributed by atoms with Crippen LogP contribution in [0.1, 0.15) is 92.4 Å². The lowest BCUT2D eigenvalue weighted by Crippen LogP contribution is -2.46. The van der Waals surface area contributed by atoms with Crippen LogP contribution in [0.4, 0.5) is 10.1 Å². The molecule has 0 aromatic heterocycles. The third-order valence-electron chi connectivity index (χ3n) is 8.79. The van der Waals surface area contributed by atoms with E-state index < -0.39 is 18.0 Å². The Morgan fingerprint density at radius 2 is 1.74 bits per heavy atom. The van der Waals surface area contributed by atoms with Gasteiger partial charge in [0.1, 0.15) is 11.6 Å². The summed E-state index contributed by atoms with van der Waals surface area (Å²) in [4.78, 5) is 26.3. The zero-order chi connectivity index (χ0) is 31.2. The molecule has 0 unspecified atom stereocenters. The minimum Gasteiger partial charge on any atom is -0.491 e. The first-order valence-corrected chi connectivity index (χ1v) is 15.9. The molecule has 42 heavy (non-hydrogen) atoms. The molecule has 9 heteroatoms. The van der Waals surface area contributed by atoms with Crippen LogP contribution < -0.4 is 21.1 Å². The topological polar surface area (TPSA) is 123 Å². The Hall–Kier alpha value is -2.23. The van der Waals surface area contributed by atoms with Gasteiger partial charge in [-0.3, -0.25) is 9.59 Å². The van der Waals surface area contributed by atoms with E-state index >= 15 is 0 Å². The molecule has 1 aliphatic rings. The van der Waals surface area contributed by atoms with Crippen molar-refractivity contribution < 1.29 is 28.6 Å². The number of benzene rings is 1. The highest BCUT2D eigenvalue weighted by Crippen LogP contribution is 2.30. The van der Waals surface area contributed by atoms with E-state index in [4.69, 9.17) is 15.2 Å². The van der Waals surface area contributed by atoms with E-state index in [9.17, 15) is 19.1 Å². The van der Waals surface area contributed by atoms with Gasteiger partial charge in [0.15, 0.2) is 0 Å². The van der Waals surface area contributed by atoms with Crippen molar-refractivity contribution in [3.63, 3.8) is 0 Å². The van der Waals surface area contributed by atoms with Gasteiger partial charge in [0, 0.05) is 50.6 Å². The number of methoxy groups -OCH3 is 1. The summed E-state index contributed by atoms with van der Waals surface area (Å²) in [6.07, 6.45) is 6.65. The molecule has 1 aromatic carbocycles. The van der Waals surface area contributed by atoms with Crippen molar-refractivity contribution in [1.29, 1.82) is 0 Å². The number of ether oxygens (including phenoxy) is 2. The number of nitrogens with one attached hydrogen (secondary N) is 2. The SMILES string of the molecule is COCCCOc1cc(F)ccc1NC(=O)C[C@@H](C[C@H](N)[C@@H](O)C[C@H](C(=O)N[C@@H](C)C1CCCCC1)C(C)C)C(C)C. The molecule has 1 fully saturated rings. The maximum atomic E-state index is 13.9. The smallest absolute Gasteiger partial charge is 0.224 e. The van der Waals surface area contributed by atoms with Crippen molar-refractivity contribution in [3.8, 4) is 5.75 Å². The van der Waals surface area contributed by atoms with Crippen LogP contribution in [0.5, 0.6) is 5.75 Å². The second-order valence-corrected chi connectivity index (χ2v) is 12.8. The van der Waals surface area contributed by atoms with Crippen molar-refractivity contribution in [2.24, 2.45) is 35.3 Å². The minimum atomic E-state index is -0.873. The number of halogens is 1. The van der Waals surface area contributed by atoms with Crippen molar-refractivity contribution in [2.45, 2.75) is 111 Å². The number of rotatable bonds is 18. The normalized spacial score (nSPS) is 17.9. The summed E-state index contributed by atoms with van der Waals surface area (Å²) in [5.74, 6) is -0.193. The number of anilines is 1. The number of amides is 2. The third kappa shape index (κ3) is 12.2. The molecule has 0 spiro atoms. The Morgan fingerprint density at radius 1 is 1.05 bits per heavy atom. The van der Waals surface area contributed by atoms with Gasteiger partial charge >= 0.3 is 0 Å². The highest BCUT2D eigenvalue weighted by molar-refractivity contribution is 5.92. The summed E-state index contributed by atoms with van der Waals surface area (Å²) in [6.45, 7) is 11.0. The molecule has 0 bridgehead atoms. The van der Waals surface area contributed by atoms with Crippen LogP contribution in [-0.4, -0.2) is 55.4 Å². The zero-order valence-electron chi connectivity index (χ0n) is 26.7. The predicted octanol–water partition coefficient (Wildman–Crippen LogP) is 5.67. The third-order valence-corrected chi connectivity index (χ3v) is 8.79. The fourth-order valence-electron chi connectivity index (χ4n) is 5.84. The van der Waals surface area contributed by atoms with Crippen molar-refractivity contribution in [3.05, 3.63) is 24.0 Å². The number of nitrogens with two attached hydrogens (primary N) is 1. The molecular weight excluding hydrogens is 537 g/mol. The molecule has 0 heterocycles. The van der Waals surface area contributed by atoms with Gasteiger partial charge in [-0.2, -0.15) is 0 Å². The van der Waals surface area contributed by atoms with Crippen LogP contribution >= 0.6 is 0 Å². The highest BCUT2D eigenvalue weighted by atomic mass is 19.1. The lowest BCUT2D eigenvalue weighted by molar-refractivity contribution is -0.128. The van der Waals surface area contributed by atoms with E-state index in [0.29, 0.717) is 37.7 Å². The van der Waals surface area contributed by atoms with Crippen LogP contribution in [0.25, 0.3) is 0 Å². The van der Waals surface area contributed by atoms with Gasteiger partial charge in [-0.25, -0.2) is 4.39 Å². The van der Waals surface area contributed by atoms with Gasteiger partial charge in [0.2, 0.25) is 11.8 Å². The maximum Gasteiger partial charge on any atom is 0.224 e. The van der Waals surface area contributed by atoms with Crippen LogP contribution in [0.15, 0.2) is 18.2 Å². The average molecular weight is 594 g/mol. The molecule has 2 rings (SSSR count). The summed E-state index contributed by atoms with van der Waals surface area (Å²) in [7, 11) is 1.60. The van der Waals surface area contributed by atoms with Crippen molar-refractivity contribution >= 4 is 17.5 Å². The Labute approximate surface area is 252 Å². The van der Waals surface area contributed by atoms with E-state index in [-0.39, 0.29) is 60.1 Å². The van der Waals surface area contributed by atoms with Crippen LogP contribution in [0, 0.1) is 35.4 Å². The van der Waals surface area contributed by atoms with E-state index in [1.165, 1.54) is 37.5 Å². The van der Waals surface area contributed by atoms with Crippen LogP contribution in [-0.2, 0) is 14.3 Å². The van der Waals surface area contributed by atoms with Crippen LogP contribution in [0.3, 0.4) is 0 Å². The van der Waals surface area contributed by atoms with E-state index in [0.717, 1.165) is 12.8 Å². The predicted molar refractivity (Wildman–Crippen MR) is 166 cm³/mol. The standard InChI is InChI=1S/C33H56FN3O5/c1-21(2)25(18-32(39)37-29-14-13-26(34)19-31(29)42-16-10-15-41-6)17-28(35)30(38)20-27(22(3)4)33(40)36-23(5)24-11-8-7-9-12-24/h13-14,19,21-25,27-28,30,38H,7-12,15-18,20,35H2,1-6H3,(H,36,40)(H,37,39)/t23-,25+,27-,28-,30-/m0/s1. The second kappa shape index (κ2) is 18.4. The fourth-order valence-corrected chi connectivity index (χ4v) is 5.84. The Kier molecular flexibility index (Phi) is 15.8. The summed E-state index contributed by atoms with van der Waals surface area (Å²) in [5, 5.41) is 17.2. The quantitative estimate of drug-likeness (QED) is 0.163. The number of carbonyl (C=O) groups excluding carboxylic acids is 2. The number of carbonyl (C=O) groups is 2. The molecular formula is C33H56FN3O5. The molecule has 1 aromatic rings. The molecule has 8 nitrogen and oxygen atoms in total. The molecule has 5 atom stereocenters. The first kappa shape index (κ1) is 36.0. The Morgan fingerprint density at radius 3 is 2.36 bits per heavy atom. The molecule has 0 saturated heterocycles. The average Bonchev–Trinajstić information content (AvgIpc) is 2.94. The van der Waals surface area contributed by atoms with Gasteiger partial charge in [-0.1, -0.05) is 47.0 Å². The van der Waals surface area contributed by atoms with Gasteiger partial charge in [0.05, 0.1) is 18.4 Å². The minimum absolute atomic E-state index is 0.0198. The fraction of sp³-hybridized carbons (Fsp3) is 0.758. The Balaban J connectivity index is 1.96. The lowest BCUT2D eigenvalue weighted by atomic mass is 9.81. The summed E-state index contributed by atoms with van der Waals surface area (Å²) in [6, 6.07) is 3.56. The second-order valence-electron chi connectivity index (χ2n) is 12.8. The van der Waals surface area contributed by atoms with Crippen molar-refractivity contribution in [2.75, 3.05) is 25.6 Å². The molecule has 240 valence electrons. The first-order chi connectivity index (χ1) is 19.9. The number of aliphatic hydroxyl groups is 1. The number of aliphatic hydroxyl groups excluding tert-OH is 1. The molecule has 1 saturated carbocycles. The van der Waals surface area contributed by atoms with Gasteiger partial charge < -0.3 is 30.9 Å². The largest absolute Gasteiger partial charge is 0.491 e. The summed E-state index contributed by atoms with van der Waals surface area (Å²) < 4.78 is 24.6.